The van der Waals surface area contributed by atoms with Crippen LogP contribution in [0, 0.1) is 5.82 Å². The van der Waals surface area contributed by atoms with Crippen molar-refractivity contribution >= 4 is 11.8 Å². The number of nitrogen functional groups attached to an aromatic ring is 1. The minimum absolute atomic E-state index is 0.0793. The third-order valence-corrected chi connectivity index (χ3v) is 3.98. The Labute approximate surface area is 129 Å². The lowest BCUT2D eigenvalue weighted by molar-refractivity contribution is 0.263. The van der Waals surface area contributed by atoms with Crippen molar-refractivity contribution in [3.8, 4) is 11.3 Å². The van der Waals surface area contributed by atoms with Crippen LogP contribution in [0.15, 0.2) is 30.3 Å². The van der Waals surface area contributed by atoms with Gasteiger partial charge in [-0.3, -0.25) is 0 Å². The van der Waals surface area contributed by atoms with E-state index >= 15 is 0 Å². The van der Waals surface area contributed by atoms with Gasteiger partial charge in [0, 0.05) is 11.6 Å². The fraction of sp³-hybridized carbons (Fsp3) is 0.375. The first kappa shape index (κ1) is 14.7. The van der Waals surface area contributed by atoms with E-state index in [9.17, 15) is 4.39 Å². The van der Waals surface area contributed by atoms with Gasteiger partial charge in [-0.2, -0.15) is 4.98 Å². The van der Waals surface area contributed by atoms with Crippen LogP contribution in [0.5, 0.6) is 0 Å². The predicted octanol–water partition coefficient (Wildman–Crippen LogP) is 2.37. The molecule has 0 amide bonds. The molecule has 116 valence electrons. The second kappa shape index (κ2) is 6.27. The lowest BCUT2D eigenvalue weighted by atomic mass is 10.1. The standard InChI is InChI=1S/C16H20FN5/c1-22-9-7-12(8-10-22)19-15-13(17)14(20-16(18)21-15)11-5-3-2-4-6-11/h2-6,12H,7-10H2,1H3,(H3,18,19,20,21). The van der Waals surface area contributed by atoms with Gasteiger partial charge < -0.3 is 16.0 Å². The van der Waals surface area contributed by atoms with Gasteiger partial charge >= 0.3 is 0 Å². The van der Waals surface area contributed by atoms with Gasteiger partial charge in [-0.15, -0.1) is 0 Å². The van der Waals surface area contributed by atoms with Crippen LogP contribution in [0.1, 0.15) is 12.8 Å². The van der Waals surface area contributed by atoms with Crippen molar-refractivity contribution in [2.45, 2.75) is 18.9 Å². The van der Waals surface area contributed by atoms with Crippen LogP contribution in [0.4, 0.5) is 16.2 Å². The van der Waals surface area contributed by atoms with Crippen molar-refractivity contribution in [1.82, 2.24) is 14.9 Å². The number of piperidine rings is 1. The summed E-state index contributed by atoms with van der Waals surface area (Å²) in [4.78, 5) is 10.4. The van der Waals surface area contributed by atoms with Crippen LogP contribution in [0.2, 0.25) is 0 Å². The van der Waals surface area contributed by atoms with Crippen molar-refractivity contribution in [1.29, 1.82) is 0 Å². The number of anilines is 2. The van der Waals surface area contributed by atoms with Gasteiger partial charge in [-0.25, -0.2) is 9.37 Å². The molecule has 0 unspecified atom stereocenters. The van der Waals surface area contributed by atoms with E-state index in [2.05, 4.69) is 27.2 Å². The molecule has 1 saturated heterocycles. The minimum Gasteiger partial charge on any atom is -0.368 e. The summed E-state index contributed by atoms with van der Waals surface area (Å²) in [5.41, 5.74) is 6.69. The molecule has 2 heterocycles. The first-order valence-corrected chi connectivity index (χ1v) is 7.47. The molecule has 0 radical (unpaired) electrons. The number of aromatic nitrogens is 2. The number of nitrogens with one attached hydrogen (secondary N) is 1. The molecule has 0 atom stereocenters. The van der Waals surface area contributed by atoms with Crippen LogP contribution in [-0.4, -0.2) is 41.0 Å². The van der Waals surface area contributed by atoms with Gasteiger partial charge in [0.2, 0.25) is 5.95 Å². The van der Waals surface area contributed by atoms with Crippen LogP contribution < -0.4 is 11.1 Å². The average molecular weight is 301 g/mol. The van der Waals surface area contributed by atoms with E-state index in [1.54, 1.807) is 0 Å². The second-order valence-electron chi connectivity index (χ2n) is 5.68. The molecule has 3 N–H and O–H groups in total. The average Bonchev–Trinajstić information content (AvgIpc) is 2.53. The van der Waals surface area contributed by atoms with Gasteiger partial charge in [0.15, 0.2) is 11.6 Å². The Morgan fingerprint density at radius 3 is 2.55 bits per heavy atom. The molecule has 5 nitrogen and oxygen atoms in total. The highest BCUT2D eigenvalue weighted by Gasteiger charge is 2.21. The highest BCUT2D eigenvalue weighted by atomic mass is 19.1. The molecular formula is C16H20FN5. The summed E-state index contributed by atoms with van der Waals surface area (Å²) in [5.74, 6) is -0.170. The summed E-state index contributed by atoms with van der Waals surface area (Å²) in [6.45, 7) is 1.98. The maximum atomic E-state index is 14.7. The Hall–Kier alpha value is -2.21. The van der Waals surface area contributed by atoms with Crippen molar-refractivity contribution in [3.63, 3.8) is 0 Å². The Kier molecular flexibility index (Phi) is 4.20. The number of nitrogens with two attached hydrogens (primary N) is 1. The lowest BCUT2D eigenvalue weighted by Gasteiger charge is -2.30. The summed E-state index contributed by atoms with van der Waals surface area (Å²) in [7, 11) is 2.09. The molecule has 6 heteroatoms. The molecule has 1 aliphatic rings. The Morgan fingerprint density at radius 2 is 1.86 bits per heavy atom. The number of benzene rings is 1. The lowest BCUT2D eigenvalue weighted by Crippen LogP contribution is -2.37. The molecule has 1 fully saturated rings. The van der Waals surface area contributed by atoms with Crippen molar-refractivity contribution in [2.75, 3.05) is 31.2 Å². The van der Waals surface area contributed by atoms with E-state index in [1.165, 1.54) is 0 Å². The Balaban J connectivity index is 1.87. The molecule has 0 saturated carbocycles. The zero-order chi connectivity index (χ0) is 15.5. The first-order chi connectivity index (χ1) is 10.6. The van der Waals surface area contributed by atoms with E-state index in [0.29, 0.717) is 5.56 Å². The minimum atomic E-state index is -0.445. The van der Waals surface area contributed by atoms with E-state index in [1.807, 2.05) is 30.3 Å². The number of hydrogen-bond donors (Lipinski definition) is 2. The second-order valence-corrected chi connectivity index (χ2v) is 5.68. The maximum Gasteiger partial charge on any atom is 0.222 e. The molecule has 1 aromatic carbocycles. The normalized spacial score (nSPS) is 16.6. The monoisotopic (exact) mass is 301 g/mol. The third kappa shape index (κ3) is 3.17. The zero-order valence-corrected chi connectivity index (χ0v) is 12.6. The topological polar surface area (TPSA) is 67.1 Å². The molecule has 0 bridgehead atoms. The summed E-state index contributed by atoms with van der Waals surface area (Å²) in [5, 5.41) is 3.19. The highest BCUT2D eigenvalue weighted by molar-refractivity contribution is 5.65. The van der Waals surface area contributed by atoms with Gasteiger partial charge in [-0.1, -0.05) is 30.3 Å². The molecule has 22 heavy (non-hydrogen) atoms. The van der Waals surface area contributed by atoms with Gasteiger partial charge in [-0.05, 0) is 33.0 Å². The SMILES string of the molecule is CN1CCC(Nc2nc(N)nc(-c3ccccc3)c2F)CC1. The Morgan fingerprint density at radius 1 is 1.18 bits per heavy atom. The summed E-state index contributed by atoms with van der Waals surface area (Å²) < 4.78 is 14.7. The van der Waals surface area contributed by atoms with E-state index < -0.39 is 5.82 Å². The van der Waals surface area contributed by atoms with E-state index in [0.717, 1.165) is 25.9 Å². The van der Waals surface area contributed by atoms with Crippen LogP contribution in [-0.2, 0) is 0 Å². The van der Waals surface area contributed by atoms with Crippen molar-refractivity contribution < 1.29 is 4.39 Å². The van der Waals surface area contributed by atoms with Gasteiger partial charge in [0.1, 0.15) is 5.69 Å². The molecule has 0 spiro atoms. The molecule has 3 rings (SSSR count). The number of nitrogens with zero attached hydrogens (tertiary/aromatic N) is 3. The Bertz CT molecular complexity index is 638. The third-order valence-electron chi connectivity index (χ3n) is 3.98. The fourth-order valence-corrected chi connectivity index (χ4v) is 2.69. The van der Waals surface area contributed by atoms with Crippen LogP contribution in [0.3, 0.4) is 0 Å². The van der Waals surface area contributed by atoms with Crippen LogP contribution in [0.25, 0.3) is 11.3 Å². The summed E-state index contributed by atoms with van der Waals surface area (Å²) in [6, 6.07) is 9.40. The number of likely N-dealkylation sites (tertiary alicyclic amines) is 1. The first-order valence-electron chi connectivity index (χ1n) is 7.47. The summed E-state index contributed by atoms with van der Waals surface area (Å²) in [6.07, 6.45) is 1.92. The van der Waals surface area contributed by atoms with Gasteiger partial charge in [0.25, 0.3) is 0 Å². The fourth-order valence-electron chi connectivity index (χ4n) is 2.69. The number of rotatable bonds is 3. The number of hydrogen-bond acceptors (Lipinski definition) is 5. The molecule has 0 aliphatic carbocycles. The predicted molar refractivity (Wildman–Crippen MR) is 86.0 cm³/mol. The van der Waals surface area contributed by atoms with E-state index in [4.69, 9.17) is 5.73 Å². The zero-order valence-electron chi connectivity index (χ0n) is 12.6. The van der Waals surface area contributed by atoms with Crippen molar-refractivity contribution in [2.24, 2.45) is 0 Å². The van der Waals surface area contributed by atoms with Gasteiger partial charge in [0.05, 0.1) is 0 Å². The largest absolute Gasteiger partial charge is 0.368 e. The molecule has 1 aromatic heterocycles. The van der Waals surface area contributed by atoms with Crippen LogP contribution >= 0.6 is 0 Å². The molecular weight excluding hydrogens is 281 g/mol. The van der Waals surface area contributed by atoms with E-state index in [-0.39, 0.29) is 23.5 Å². The quantitative estimate of drug-likeness (QED) is 0.911. The molecule has 1 aliphatic heterocycles. The maximum absolute atomic E-state index is 14.7. The van der Waals surface area contributed by atoms with Crippen molar-refractivity contribution in [3.05, 3.63) is 36.1 Å². The number of halogens is 1. The molecule has 2 aromatic rings. The highest BCUT2D eigenvalue weighted by Crippen LogP contribution is 2.26. The smallest absolute Gasteiger partial charge is 0.222 e. The summed E-state index contributed by atoms with van der Waals surface area (Å²) >= 11 is 0.